The van der Waals surface area contributed by atoms with Gasteiger partial charge in [0.05, 0.1) is 6.17 Å². The van der Waals surface area contributed by atoms with E-state index in [0.717, 1.165) is 0 Å². The molecule has 1 unspecified atom stereocenters. The fraction of sp³-hybridized carbons (Fsp3) is 0.667. The third-order valence-electron chi connectivity index (χ3n) is 0.371. The highest BCUT2D eigenvalue weighted by molar-refractivity contribution is 4.52. The summed E-state index contributed by atoms with van der Waals surface area (Å²) >= 11 is 0. The Morgan fingerprint density at radius 3 is 2.20 bits per heavy atom. The van der Waals surface area contributed by atoms with Crippen LogP contribution in [-0.4, -0.2) is 13.2 Å². The van der Waals surface area contributed by atoms with E-state index in [1.54, 1.807) is 7.05 Å². The molecule has 3 N–H and O–H groups in total. The van der Waals surface area contributed by atoms with E-state index in [1.165, 1.54) is 0 Å². The summed E-state index contributed by atoms with van der Waals surface area (Å²) in [5.41, 5.74) is 5.07. The minimum atomic E-state index is -0.116. The first kappa shape index (κ1) is 4.92. The van der Waals surface area contributed by atoms with Gasteiger partial charge in [0.2, 0.25) is 0 Å². The Hall–Kier alpha value is -0.0800. The van der Waals surface area contributed by atoms with Crippen LogP contribution < -0.4 is 11.1 Å². The Labute approximate surface area is 32.4 Å². The van der Waals surface area contributed by atoms with Crippen molar-refractivity contribution in [2.75, 3.05) is 7.05 Å². The van der Waals surface area contributed by atoms with E-state index >= 15 is 0 Å². The lowest BCUT2D eigenvalue weighted by molar-refractivity contribution is 0.695. The van der Waals surface area contributed by atoms with E-state index < -0.39 is 0 Å². The number of nitrogens with one attached hydrogen (secondary N) is 1. The van der Waals surface area contributed by atoms with Gasteiger partial charge in [0.15, 0.2) is 0 Å². The number of hydrogen-bond acceptors (Lipinski definition) is 2. The maximum atomic E-state index is 5.07. The first-order valence-electron chi connectivity index (χ1n) is 1.53. The Bertz CT molecular complexity index is 18.9. The molecule has 1 atom stereocenters. The van der Waals surface area contributed by atoms with Crippen LogP contribution in [0.3, 0.4) is 0 Å². The zero-order valence-corrected chi connectivity index (χ0v) is 3.36. The third kappa shape index (κ3) is 3.92. The third-order valence-corrected chi connectivity index (χ3v) is 0.371. The molecule has 0 aliphatic heterocycles. The second kappa shape index (κ2) is 2.18. The highest BCUT2D eigenvalue weighted by Crippen LogP contribution is 1.51. The molecule has 0 aromatic rings. The highest BCUT2D eigenvalue weighted by atomic mass is 15.0. The largest absolute Gasteiger partial charge is 0.316 e. The van der Waals surface area contributed by atoms with Gasteiger partial charge in [-0.1, -0.05) is 0 Å². The van der Waals surface area contributed by atoms with E-state index in [0.29, 0.717) is 0 Å². The Kier molecular flexibility index (Phi) is 2.14. The summed E-state index contributed by atoms with van der Waals surface area (Å²) in [6.07, 6.45) is -0.116. The van der Waals surface area contributed by atoms with E-state index in [-0.39, 0.29) is 6.17 Å². The van der Waals surface area contributed by atoms with Crippen molar-refractivity contribution in [2.45, 2.75) is 6.17 Å². The van der Waals surface area contributed by atoms with E-state index in [4.69, 9.17) is 5.73 Å². The molecule has 0 amide bonds. The fourth-order valence-electron chi connectivity index (χ4n) is 0. The minimum Gasteiger partial charge on any atom is -0.316 e. The maximum Gasteiger partial charge on any atom is 0.0544 e. The lowest BCUT2D eigenvalue weighted by Crippen LogP contribution is -2.30. The SMILES string of the molecule is [CH2]C(N)NC. The van der Waals surface area contributed by atoms with Crippen LogP contribution in [0, 0.1) is 6.92 Å². The molecule has 0 bridgehead atoms. The average Bonchev–Trinajstić information content (AvgIpc) is 1.38. The molecule has 0 aromatic carbocycles. The summed E-state index contributed by atoms with van der Waals surface area (Å²) < 4.78 is 0. The Balaban J connectivity index is 2.54. The van der Waals surface area contributed by atoms with Crippen LogP contribution in [0.1, 0.15) is 0 Å². The molecule has 5 heavy (non-hydrogen) atoms. The number of hydrogen-bond donors (Lipinski definition) is 2. The predicted molar refractivity (Wildman–Crippen MR) is 22.4 cm³/mol. The number of rotatable bonds is 1. The molecule has 0 aromatic heterocycles. The first-order valence-corrected chi connectivity index (χ1v) is 1.53. The normalized spacial score (nSPS) is 15.0. The van der Waals surface area contributed by atoms with Gasteiger partial charge in [-0.3, -0.25) is 0 Å². The van der Waals surface area contributed by atoms with Crippen molar-refractivity contribution in [3.05, 3.63) is 6.92 Å². The van der Waals surface area contributed by atoms with Gasteiger partial charge < -0.3 is 11.1 Å². The minimum absolute atomic E-state index is 0.116. The van der Waals surface area contributed by atoms with Gasteiger partial charge in [-0.15, -0.1) is 0 Å². The molecule has 0 fully saturated rings. The quantitative estimate of drug-likeness (QED) is 0.404. The first-order chi connectivity index (χ1) is 2.27. The van der Waals surface area contributed by atoms with Gasteiger partial charge in [0.1, 0.15) is 0 Å². The zero-order chi connectivity index (χ0) is 4.28. The van der Waals surface area contributed by atoms with E-state index in [1.807, 2.05) is 0 Å². The maximum absolute atomic E-state index is 5.07. The molecule has 0 saturated carbocycles. The van der Waals surface area contributed by atoms with Crippen molar-refractivity contribution in [1.29, 1.82) is 0 Å². The van der Waals surface area contributed by atoms with Crippen LogP contribution in [0.2, 0.25) is 0 Å². The van der Waals surface area contributed by atoms with E-state index in [2.05, 4.69) is 12.2 Å². The molecule has 0 saturated heterocycles. The molecule has 0 spiro atoms. The van der Waals surface area contributed by atoms with Crippen LogP contribution in [0.15, 0.2) is 0 Å². The molecule has 0 rings (SSSR count). The number of nitrogens with two attached hydrogens (primary N) is 1. The monoisotopic (exact) mass is 73.1 g/mol. The zero-order valence-electron chi connectivity index (χ0n) is 3.36. The van der Waals surface area contributed by atoms with Gasteiger partial charge in [-0.05, 0) is 14.0 Å². The fourth-order valence-corrected chi connectivity index (χ4v) is 0. The summed E-state index contributed by atoms with van der Waals surface area (Å²) in [4.78, 5) is 0. The van der Waals surface area contributed by atoms with Crippen LogP contribution >= 0.6 is 0 Å². The van der Waals surface area contributed by atoms with Crippen LogP contribution in [-0.2, 0) is 0 Å². The smallest absolute Gasteiger partial charge is 0.0544 e. The lowest BCUT2D eigenvalue weighted by atomic mass is 10.6. The molecule has 2 heteroatoms. The molecule has 31 valence electrons. The van der Waals surface area contributed by atoms with Gasteiger partial charge in [-0.25, -0.2) is 0 Å². The molecular formula is C3H9N2. The molecule has 0 heterocycles. The summed E-state index contributed by atoms with van der Waals surface area (Å²) in [6, 6.07) is 0. The highest BCUT2D eigenvalue weighted by Gasteiger charge is 1.76. The van der Waals surface area contributed by atoms with Crippen molar-refractivity contribution >= 4 is 0 Å². The van der Waals surface area contributed by atoms with Crippen LogP contribution in [0.4, 0.5) is 0 Å². The summed E-state index contributed by atoms with van der Waals surface area (Å²) in [6.45, 7) is 3.42. The van der Waals surface area contributed by atoms with Gasteiger partial charge in [0, 0.05) is 0 Å². The van der Waals surface area contributed by atoms with Crippen molar-refractivity contribution in [2.24, 2.45) is 5.73 Å². The van der Waals surface area contributed by atoms with Crippen molar-refractivity contribution in [1.82, 2.24) is 5.32 Å². The summed E-state index contributed by atoms with van der Waals surface area (Å²) in [5.74, 6) is 0. The van der Waals surface area contributed by atoms with Crippen molar-refractivity contribution < 1.29 is 0 Å². The standard InChI is InChI=1S/C3H9N2/c1-3(4)5-2/h3,5H,1,4H2,2H3. The molecule has 0 aliphatic carbocycles. The van der Waals surface area contributed by atoms with Crippen molar-refractivity contribution in [3.8, 4) is 0 Å². The summed E-state index contributed by atoms with van der Waals surface area (Å²) in [5, 5.41) is 2.69. The Morgan fingerprint density at radius 1 is 2.00 bits per heavy atom. The average molecular weight is 73.1 g/mol. The van der Waals surface area contributed by atoms with Gasteiger partial charge in [0.25, 0.3) is 0 Å². The molecule has 2 nitrogen and oxygen atoms in total. The predicted octanol–water partition coefficient (Wildman–Crippen LogP) is -0.675. The topological polar surface area (TPSA) is 38.0 Å². The second-order valence-corrected chi connectivity index (χ2v) is 0.895. The second-order valence-electron chi connectivity index (χ2n) is 0.895. The van der Waals surface area contributed by atoms with Crippen molar-refractivity contribution in [3.63, 3.8) is 0 Å². The van der Waals surface area contributed by atoms with E-state index in [9.17, 15) is 0 Å². The Morgan fingerprint density at radius 2 is 2.20 bits per heavy atom. The molecule has 0 aliphatic rings. The lowest BCUT2D eigenvalue weighted by Gasteiger charge is -1.95. The van der Waals surface area contributed by atoms with Gasteiger partial charge in [-0.2, -0.15) is 0 Å². The molecule has 1 radical (unpaired) electrons. The van der Waals surface area contributed by atoms with Gasteiger partial charge >= 0.3 is 0 Å². The van der Waals surface area contributed by atoms with Crippen LogP contribution in [0.5, 0.6) is 0 Å². The molecular weight excluding hydrogens is 64.0 g/mol. The van der Waals surface area contributed by atoms with Crippen LogP contribution in [0.25, 0.3) is 0 Å². The summed E-state index contributed by atoms with van der Waals surface area (Å²) in [7, 11) is 1.76.